The van der Waals surface area contributed by atoms with Crippen LogP contribution in [0.2, 0.25) is 0 Å². The van der Waals surface area contributed by atoms with Gasteiger partial charge in [0.1, 0.15) is 11.9 Å². The van der Waals surface area contributed by atoms with Crippen LogP contribution in [-0.4, -0.2) is 19.2 Å². The van der Waals surface area contributed by atoms with Crippen molar-refractivity contribution in [2.24, 2.45) is 5.73 Å². The van der Waals surface area contributed by atoms with Gasteiger partial charge in [-0.2, -0.15) is 5.26 Å². The number of nitrogens with one attached hydrogen (secondary N) is 1. The molecule has 1 aliphatic carbocycles. The van der Waals surface area contributed by atoms with Gasteiger partial charge in [0, 0.05) is 22.9 Å². The molecule has 1 unspecified atom stereocenters. The second-order valence-electron chi connectivity index (χ2n) is 6.64. The van der Waals surface area contributed by atoms with Crippen molar-refractivity contribution < 1.29 is 4.74 Å². The second kappa shape index (κ2) is 8.55. The smallest absolute Gasteiger partial charge is 0.129 e. The standard InChI is InChI=1S/C22H25N3O/c1-2-4-18-12-19(17-6-3-5-16(11-17)14-23)13-22(21(18)15-24)26-20-7-9-25-10-8-20/h2-5,11-13,15,17,20,25H,1,6-10,24H2/b18-4-,21-15+. The number of nitrogens with zero attached hydrogens (tertiary/aromatic N) is 1. The molecule has 1 fully saturated rings. The fourth-order valence-corrected chi connectivity index (χ4v) is 3.51. The quantitative estimate of drug-likeness (QED) is 0.874. The maximum Gasteiger partial charge on any atom is 0.129 e. The minimum absolute atomic E-state index is 0.161. The summed E-state index contributed by atoms with van der Waals surface area (Å²) in [7, 11) is 0. The molecular formula is C22H25N3O. The Kier molecular flexibility index (Phi) is 5.93. The fourth-order valence-electron chi connectivity index (χ4n) is 3.51. The van der Waals surface area contributed by atoms with E-state index in [4.69, 9.17) is 10.5 Å². The number of hydrogen-bond acceptors (Lipinski definition) is 4. The average molecular weight is 347 g/mol. The van der Waals surface area contributed by atoms with E-state index in [2.05, 4.69) is 36.2 Å². The summed E-state index contributed by atoms with van der Waals surface area (Å²) in [5.74, 6) is 0.972. The lowest BCUT2D eigenvalue weighted by atomic mass is 9.89. The number of hydrogen-bond donors (Lipinski definition) is 2. The van der Waals surface area contributed by atoms with E-state index in [9.17, 15) is 5.26 Å². The molecule has 1 atom stereocenters. The zero-order valence-corrected chi connectivity index (χ0v) is 14.9. The zero-order chi connectivity index (χ0) is 18.4. The first-order chi connectivity index (χ1) is 12.7. The number of piperidine rings is 1. The van der Waals surface area contributed by atoms with Gasteiger partial charge in [-0.3, -0.25) is 0 Å². The minimum atomic E-state index is 0.161. The molecule has 4 nitrogen and oxygen atoms in total. The van der Waals surface area contributed by atoms with E-state index in [1.807, 2.05) is 18.2 Å². The molecule has 3 rings (SSSR count). The minimum Gasteiger partial charge on any atom is -0.490 e. The van der Waals surface area contributed by atoms with Crippen LogP contribution in [0.15, 0.2) is 48.6 Å². The van der Waals surface area contributed by atoms with E-state index in [0.717, 1.165) is 54.1 Å². The highest BCUT2D eigenvalue weighted by Gasteiger charge is 2.18. The molecule has 1 saturated heterocycles. The highest BCUT2D eigenvalue weighted by Crippen LogP contribution is 2.28. The molecule has 3 N–H and O–H groups in total. The lowest BCUT2D eigenvalue weighted by molar-refractivity contribution is 0.161. The summed E-state index contributed by atoms with van der Waals surface area (Å²) < 4.78 is 6.34. The molecule has 134 valence electrons. The predicted molar refractivity (Wildman–Crippen MR) is 106 cm³/mol. The first-order valence-electron chi connectivity index (χ1n) is 9.09. The van der Waals surface area contributed by atoms with Crippen molar-refractivity contribution in [2.75, 3.05) is 13.1 Å². The Morgan fingerprint density at radius 2 is 2.12 bits per heavy atom. The summed E-state index contributed by atoms with van der Waals surface area (Å²) in [5, 5.41) is 14.4. The van der Waals surface area contributed by atoms with Gasteiger partial charge < -0.3 is 15.8 Å². The van der Waals surface area contributed by atoms with Crippen molar-refractivity contribution in [3.05, 3.63) is 64.6 Å². The van der Waals surface area contributed by atoms with Gasteiger partial charge in [-0.1, -0.05) is 36.9 Å². The zero-order valence-electron chi connectivity index (χ0n) is 14.9. The third-order valence-electron chi connectivity index (χ3n) is 4.87. The topological polar surface area (TPSA) is 71.1 Å². The lowest BCUT2D eigenvalue weighted by Crippen LogP contribution is -2.37. The molecular weight excluding hydrogens is 322 g/mol. The molecule has 2 aliphatic rings. The highest BCUT2D eigenvalue weighted by atomic mass is 16.5. The van der Waals surface area contributed by atoms with Crippen molar-refractivity contribution in [2.45, 2.75) is 31.3 Å². The van der Waals surface area contributed by atoms with Crippen LogP contribution in [0.1, 0.15) is 30.7 Å². The fraction of sp³-hybridized carbons (Fsp3) is 0.318. The summed E-state index contributed by atoms with van der Waals surface area (Å²) in [5.41, 5.74) is 7.75. The van der Waals surface area contributed by atoms with Gasteiger partial charge >= 0.3 is 0 Å². The third-order valence-corrected chi connectivity index (χ3v) is 4.87. The number of allylic oxidation sites excluding steroid dienone is 5. The lowest BCUT2D eigenvalue weighted by Gasteiger charge is -2.25. The maximum atomic E-state index is 9.21. The molecule has 0 aromatic heterocycles. The van der Waals surface area contributed by atoms with E-state index in [0.29, 0.717) is 5.57 Å². The van der Waals surface area contributed by atoms with Crippen molar-refractivity contribution in [3.8, 4) is 11.8 Å². The van der Waals surface area contributed by atoms with Gasteiger partial charge in [-0.15, -0.1) is 0 Å². The second-order valence-corrected chi connectivity index (χ2v) is 6.64. The molecule has 0 radical (unpaired) electrons. The molecule has 0 saturated carbocycles. The molecule has 1 aromatic carbocycles. The summed E-state index contributed by atoms with van der Waals surface area (Å²) in [4.78, 5) is 0. The monoisotopic (exact) mass is 347 g/mol. The summed E-state index contributed by atoms with van der Waals surface area (Å²) in [6.07, 6.45) is 14.3. The molecule has 1 heterocycles. The molecule has 26 heavy (non-hydrogen) atoms. The third kappa shape index (κ3) is 4.07. The maximum absolute atomic E-state index is 9.21. The van der Waals surface area contributed by atoms with E-state index in [1.54, 1.807) is 12.3 Å². The number of rotatable bonds is 4. The molecule has 1 aromatic rings. The van der Waals surface area contributed by atoms with E-state index in [-0.39, 0.29) is 12.0 Å². The Balaban J connectivity index is 2.04. The first-order valence-corrected chi connectivity index (χ1v) is 9.09. The number of benzene rings is 1. The van der Waals surface area contributed by atoms with Crippen LogP contribution in [0.4, 0.5) is 0 Å². The molecule has 1 aliphatic heterocycles. The SMILES string of the molecule is C=C/C=c1/cc(C2C=C(C#N)C=CC2)cc(OC2CCNCC2)/c1=C/N. The van der Waals surface area contributed by atoms with Crippen LogP contribution in [0.5, 0.6) is 5.75 Å². The van der Waals surface area contributed by atoms with Crippen LogP contribution in [0.25, 0.3) is 12.3 Å². The Bertz CT molecular complexity index is 883. The summed E-state index contributed by atoms with van der Waals surface area (Å²) in [6.45, 7) is 5.76. The van der Waals surface area contributed by atoms with Gasteiger partial charge in [0.25, 0.3) is 0 Å². The van der Waals surface area contributed by atoms with Crippen molar-refractivity contribution >= 4 is 12.3 Å². The van der Waals surface area contributed by atoms with Crippen molar-refractivity contribution in [3.63, 3.8) is 0 Å². The van der Waals surface area contributed by atoms with Gasteiger partial charge in [-0.25, -0.2) is 0 Å². The molecule has 0 bridgehead atoms. The molecule has 4 heteroatoms. The van der Waals surface area contributed by atoms with Crippen LogP contribution in [-0.2, 0) is 0 Å². The van der Waals surface area contributed by atoms with Crippen LogP contribution in [0.3, 0.4) is 0 Å². The van der Waals surface area contributed by atoms with E-state index >= 15 is 0 Å². The van der Waals surface area contributed by atoms with E-state index < -0.39 is 0 Å². The Morgan fingerprint density at radius 1 is 1.31 bits per heavy atom. The normalized spacial score (nSPS) is 22.0. The van der Waals surface area contributed by atoms with Gasteiger partial charge in [0.2, 0.25) is 0 Å². The van der Waals surface area contributed by atoms with Crippen LogP contribution in [0, 0.1) is 11.3 Å². The number of nitrogens with two attached hydrogens (primary N) is 1. The first kappa shape index (κ1) is 18.0. The summed E-state index contributed by atoms with van der Waals surface area (Å²) in [6, 6.07) is 6.43. The van der Waals surface area contributed by atoms with Crippen LogP contribution < -0.4 is 26.2 Å². The molecule has 0 amide bonds. The number of ether oxygens (including phenoxy) is 1. The Hall–Kier alpha value is -2.77. The van der Waals surface area contributed by atoms with Gasteiger partial charge in [0.05, 0.1) is 6.07 Å². The van der Waals surface area contributed by atoms with Gasteiger partial charge in [-0.05, 0) is 55.3 Å². The Labute approximate surface area is 154 Å². The summed E-state index contributed by atoms with van der Waals surface area (Å²) >= 11 is 0. The van der Waals surface area contributed by atoms with Crippen molar-refractivity contribution in [1.29, 1.82) is 5.26 Å². The largest absolute Gasteiger partial charge is 0.490 e. The predicted octanol–water partition coefficient (Wildman–Crippen LogP) is 1.97. The van der Waals surface area contributed by atoms with E-state index in [1.165, 1.54) is 0 Å². The highest BCUT2D eigenvalue weighted by molar-refractivity contribution is 5.48. The average Bonchev–Trinajstić information content (AvgIpc) is 2.69. The van der Waals surface area contributed by atoms with Gasteiger partial charge in [0.15, 0.2) is 0 Å². The van der Waals surface area contributed by atoms with Crippen molar-refractivity contribution in [1.82, 2.24) is 5.32 Å². The van der Waals surface area contributed by atoms with Crippen LogP contribution >= 0.6 is 0 Å². The molecule has 0 spiro atoms. The Morgan fingerprint density at radius 3 is 2.81 bits per heavy atom. The number of nitriles is 1.